The second-order valence-electron chi connectivity index (χ2n) is 5.18. The van der Waals surface area contributed by atoms with Gasteiger partial charge >= 0.3 is 0 Å². The molecule has 0 amide bonds. The molecule has 3 rings (SSSR count). The lowest BCUT2D eigenvalue weighted by Crippen LogP contribution is -1.99. The predicted octanol–water partition coefficient (Wildman–Crippen LogP) is 4.08. The van der Waals surface area contributed by atoms with Crippen LogP contribution in [0.4, 0.5) is 0 Å². The van der Waals surface area contributed by atoms with Crippen molar-refractivity contribution < 1.29 is 4.79 Å². The summed E-state index contributed by atoms with van der Waals surface area (Å²) >= 11 is 1.70. The van der Waals surface area contributed by atoms with Gasteiger partial charge in [-0.25, -0.2) is 4.98 Å². The summed E-state index contributed by atoms with van der Waals surface area (Å²) in [4.78, 5) is 15.8. The molecule has 4 heteroatoms. The Bertz CT molecular complexity index is 755. The second kappa shape index (κ2) is 5.21. The molecule has 0 aliphatic rings. The topological polar surface area (TPSA) is 34.9 Å². The summed E-state index contributed by atoms with van der Waals surface area (Å²) in [7, 11) is 0. The Morgan fingerprint density at radius 2 is 2.15 bits per heavy atom. The number of fused-ring (bicyclic) bond motifs is 1. The molecule has 0 fully saturated rings. The van der Waals surface area contributed by atoms with E-state index in [4.69, 9.17) is 0 Å². The number of aldehydes is 1. The third kappa shape index (κ3) is 2.27. The standard InChI is InChI=1S/C16H16N2OS/c1-11(2)16-17-13(10-20-16)8-18-7-12(9-19)14-5-3-4-6-15(14)18/h3-7,9-11H,8H2,1-2H3. The molecule has 0 saturated heterocycles. The van der Waals surface area contributed by atoms with Crippen molar-refractivity contribution in [2.45, 2.75) is 26.3 Å². The van der Waals surface area contributed by atoms with Crippen LogP contribution in [0.15, 0.2) is 35.8 Å². The van der Waals surface area contributed by atoms with Gasteiger partial charge in [0.2, 0.25) is 0 Å². The van der Waals surface area contributed by atoms with Crippen LogP contribution in [-0.2, 0) is 6.54 Å². The maximum atomic E-state index is 11.2. The van der Waals surface area contributed by atoms with E-state index in [1.54, 1.807) is 11.3 Å². The Morgan fingerprint density at radius 3 is 2.85 bits per heavy atom. The van der Waals surface area contributed by atoms with Crippen LogP contribution in [-0.4, -0.2) is 15.8 Å². The number of rotatable bonds is 4. The van der Waals surface area contributed by atoms with Crippen LogP contribution >= 0.6 is 11.3 Å². The van der Waals surface area contributed by atoms with Crippen LogP contribution in [0, 0.1) is 0 Å². The van der Waals surface area contributed by atoms with Gasteiger partial charge in [0.25, 0.3) is 0 Å². The predicted molar refractivity (Wildman–Crippen MR) is 82.6 cm³/mol. The fourth-order valence-electron chi connectivity index (χ4n) is 2.33. The molecule has 102 valence electrons. The van der Waals surface area contributed by atoms with E-state index in [1.807, 2.05) is 30.5 Å². The third-order valence-electron chi connectivity index (χ3n) is 3.34. The van der Waals surface area contributed by atoms with Crippen molar-refractivity contribution in [2.24, 2.45) is 0 Å². The average Bonchev–Trinajstić information content (AvgIpc) is 3.05. The van der Waals surface area contributed by atoms with Gasteiger partial charge < -0.3 is 4.57 Å². The normalized spacial score (nSPS) is 11.3. The zero-order valence-corrected chi connectivity index (χ0v) is 12.4. The highest BCUT2D eigenvalue weighted by Crippen LogP contribution is 2.23. The van der Waals surface area contributed by atoms with E-state index in [0.29, 0.717) is 12.5 Å². The minimum Gasteiger partial charge on any atom is -0.341 e. The summed E-state index contributed by atoms with van der Waals surface area (Å²) < 4.78 is 2.10. The van der Waals surface area contributed by atoms with Crippen LogP contribution in [0.5, 0.6) is 0 Å². The molecule has 0 unspecified atom stereocenters. The monoisotopic (exact) mass is 284 g/mol. The maximum Gasteiger partial charge on any atom is 0.152 e. The summed E-state index contributed by atoms with van der Waals surface area (Å²) in [5.74, 6) is 0.459. The zero-order chi connectivity index (χ0) is 14.1. The molecule has 3 aromatic rings. The molecular formula is C16H16N2OS. The molecule has 0 saturated carbocycles. The first kappa shape index (κ1) is 13.1. The van der Waals surface area contributed by atoms with Crippen LogP contribution in [0.3, 0.4) is 0 Å². The summed E-state index contributed by atoms with van der Waals surface area (Å²) in [5.41, 5.74) is 2.87. The first-order valence-corrected chi connectivity index (χ1v) is 7.54. The van der Waals surface area contributed by atoms with E-state index in [0.717, 1.165) is 33.5 Å². The fourth-order valence-corrected chi connectivity index (χ4v) is 3.16. The van der Waals surface area contributed by atoms with Gasteiger partial charge in [-0.1, -0.05) is 32.0 Å². The number of para-hydroxylation sites is 1. The minimum atomic E-state index is 0.459. The van der Waals surface area contributed by atoms with Crippen molar-refractivity contribution in [3.8, 4) is 0 Å². The van der Waals surface area contributed by atoms with Gasteiger partial charge in [0, 0.05) is 34.0 Å². The molecule has 0 N–H and O–H groups in total. The van der Waals surface area contributed by atoms with Crippen LogP contribution < -0.4 is 0 Å². The molecule has 0 aliphatic heterocycles. The summed E-state index contributed by atoms with van der Waals surface area (Å²) in [6, 6.07) is 7.97. The summed E-state index contributed by atoms with van der Waals surface area (Å²) in [6.45, 7) is 5.01. The van der Waals surface area contributed by atoms with Crippen molar-refractivity contribution in [3.63, 3.8) is 0 Å². The van der Waals surface area contributed by atoms with Gasteiger partial charge in [-0.15, -0.1) is 11.3 Å². The number of nitrogens with zero attached hydrogens (tertiary/aromatic N) is 2. The van der Waals surface area contributed by atoms with E-state index >= 15 is 0 Å². The Kier molecular flexibility index (Phi) is 3.40. The molecule has 2 aromatic heterocycles. The van der Waals surface area contributed by atoms with Crippen molar-refractivity contribution in [3.05, 3.63) is 52.1 Å². The fraction of sp³-hybridized carbons (Fsp3) is 0.250. The SMILES string of the molecule is CC(C)c1nc(Cn2cc(C=O)c3ccccc32)cs1. The largest absolute Gasteiger partial charge is 0.341 e. The van der Waals surface area contributed by atoms with E-state index in [9.17, 15) is 4.79 Å². The lowest BCUT2D eigenvalue weighted by Gasteiger charge is -2.02. The maximum absolute atomic E-state index is 11.2. The number of carbonyl (C=O) groups excluding carboxylic acids is 1. The van der Waals surface area contributed by atoms with Gasteiger partial charge in [0.1, 0.15) is 0 Å². The Hall–Kier alpha value is -1.94. The van der Waals surface area contributed by atoms with Crippen LogP contribution in [0.25, 0.3) is 10.9 Å². The highest BCUT2D eigenvalue weighted by molar-refractivity contribution is 7.09. The first-order chi connectivity index (χ1) is 9.69. The number of benzene rings is 1. The summed E-state index contributed by atoms with van der Waals surface area (Å²) in [5, 5.41) is 4.26. The molecule has 2 heterocycles. The van der Waals surface area contributed by atoms with Crippen molar-refractivity contribution >= 4 is 28.5 Å². The Morgan fingerprint density at radius 1 is 1.35 bits per heavy atom. The number of hydrogen-bond donors (Lipinski definition) is 0. The molecule has 0 atom stereocenters. The third-order valence-corrected chi connectivity index (χ3v) is 4.54. The number of hydrogen-bond acceptors (Lipinski definition) is 3. The zero-order valence-electron chi connectivity index (χ0n) is 11.5. The molecule has 0 radical (unpaired) electrons. The smallest absolute Gasteiger partial charge is 0.152 e. The van der Waals surface area contributed by atoms with Crippen LogP contribution in [0.1, 0.15) is 40.8 Å². The van der Waals surface area contributed by atoms with E-state index < -0.39 is 0 Å². The summed E-state index contributed by atoms with van der Waals surface area (Å²) in [6.07, 6.45) is 2.82. The first-order valence-electron chi connectivity index (χ1n) is 6.66. The van der Waals surface area contributed by atoms with Gasteiger partial charge in [-0.3, -0.25) is 4.79 Å². The number of aromatic nitrogens is 2. The van der Waals surface area contributed by atoms with Crippen molar-refractivity contribution in [1.82, 2.24) is 9.55 Å². The van der Waals surface area contributed by atoms with Gasteiger partial charge in [-0.2, -0.15) is 0 Å². The van der Waals surface area contributed by atoms with Gasteiger partial charge in [0.05, 0.1) is 17.2 Å². The van der Waals surface area contributed by atoms with Gasteiger partial charge in [0.15, 0.2) is 6.29 Å². The van der Waals surface area contributed by atoms with Gasteiger partial charge in [-0.05, 0) is 6.07 Å². The lowest BCUT2D eigenvalue weighted by atomic mass is 10.2. The molecule has 1 aromatic carbocycles. The van der Waals surface area contributed by atoms with E-state index in [2.05, 4.69) is 28.8 Å². The quantitative estimate of drug-likeness (QED) is 0.677. The molecule has 0 spiro atoms. The molecule has 20 heavy (non-hydrogen) atoms. The number of carbonyl (C=O) groups is 1. The van der Waals surface area contributed by atoms with E-state index in [1.165, 1.54) is 0 Å². The van der Waals surface area contributed by atoms with Crippen molar-refractivity contribution in [2.75, 3.05) is 0 Å². The highest BCUT2D eigenvalue weighted by Gasteiger charge is 2.10. The molecular weight excluding hydrogens is 268 g/mol. The molecule has 0 aliphatic carbocycles. The molecule has 0 bridgehead atoms. The van der Waals surface area contributed by atoms with Crippen LogP contribution in [0.2, 0.25) is 0 Å². The van der Waals surface area contributed by atoms with E-state index in [-0.39, 0.29) is 0 Å². The molecule has 3 nitrogen and oxygen atoms in total. The highest BCUT2D eigenvalue weighted by atomic mass is 32.1. The van der Waals surface area contributed by atoms with Crippen molar-refractivity contribution in [1.29, 1.82) is 0 Å². The Labute approximate surface area is 121 Å². The minimum absolute atomic E-state index is 0.459. The average molecular weight is 284 g/mol. The lowest BCUT2D eigenvalue weighted by molar-refractivity contribution is 0.112. The second-order valence-corrected chi connectivity index (χ2v) is 6.07. The number of thiazole rings is 1. The Balaban J connectivity index is 1.99.